The second kappa shape index (κ2) is 10.0. The number of aromatic nitrogens is 1. The second-order valence-electron chi connectivity index (χ2n) is 8.69. The Hall–Kier alpha value is -3.46. The van der Waals surface area contributed by atoms with Gasteiger partial charge in [-0.1, -0.05) is 13.8 Å². The summed E-state index contributed by atoms with van der Waals surface area (Å²) >= 11 is 0. The summed E-state index contributed by atoms with van der Waals surface area (Å²) in [4.78, 5) is 17.1. The van der Waals surface area contributed by atoms with Crippen LogP contribution in [0, 0.1) is 5.82 Å². The van der Waals surface area contributed by atoms with E-state index in [9.17, 15) is 17.6 Å². The summed E-state index contributed by atoms with van der Waals surface area (Å²) in [5.41, 5.74) is 3.04. The summed E-state index contributed by atoms with van der Waals surface area (Å²) < 4.78 is 53.4. The molecule has 0 unspecified atom stereocenters. The number of nitrogens with zero attached hydrogens (tertiary/aromatic N) is 1. The van der Waals surface area contributed by atoms with Crippen LogP contribution >= 0.6 is 0 Å². The molecule has 2 aromatic carbocycles. The summed E-state index contributed by atoms with van der Waals surface area (Å²) in [6.45, 7) is 4.37. The van der Waals surface area contributed by atoms with Gasteiger partial charge in [0, 0.05) is 12.3 Å². The Morgan fingerprint density at radius 2 is 2.00 bits per heavy atom. The zero-order valence-corrected chi connectivity index (χ0v) is 20.6. The molecule has 1 aliphatic rings. The van der Waals surface area contributed by atoms with Crippen LogP contribution in [0.2, 0.25) is 0 Å². The van der Waals surface area contributed by atoms with Crippen molar-refractivity contribution in [2.75, 3.05) is 13.7 Å². The number of rotatable bonds is 7. The number of ether oxygens (including phenoxy) is 2. The van der Waals surface area contributed by atoms with Crippen molar-refractivity contribution in [2.24, 2.45) is 0 Å². The van der Waals surface area contributed by atoms with E-state index in [1.807, 2.05) is 13.8 Å². The van der Waals surface area contributed by atoms with Crippen molar-refractivity contribution in [1.82, 2.24) is 9.71 Å². The topological polar surface area (TPSA) is 94.6 Å². The van der Waals surface area contributed by atoms with Crippen molar-refractivity contribution < 1.29 is 27.1 Å². The number of carbonyl (C=O) groups is 1. The number of halogens is 1. The number of benzene rings is 2. The number of amides is 1. The number of nitrogens with one attached hydrogen (secondary N) is 1. The van der Waals surface area contributed by atoms with Gasteiger partial charge >= 0.3 is 0 Å². The molecule has 0 saturated heterocycles. The molecule has 0 spiro atoms. The SMILES string of the molecule is COc1cc(-c2cc(F)cc(C(C)C)c2CC(=O)NS(=O)(=O)c2ccc3c(c2)CCCO3)ccn1. The van der Waals surface area contributed by atoms with Gasteiger partial charge in [-0.3, -0.25) is 4.79 Å². The predicted molar refractivity (Wildman–Crippen MR) is 130 cm³/mol. The van der Waals surface area contributed by atoms with Gasteiger partial charge in [0.1, 0.15) is 11.6 Å². The highest BCUT2D eigenvalue weighted by Crippen LogP contribution is 2.33. The van der Waals surface area contributed by atoms with Crippen molar-refractivity contribution in [2.45, 2.75) is 43.9 Å². The average molecular weight is 499 g/mol. The molecular weight excluding hydrogens is 471 g/mol. The molecule has 1 aliphatic heterocycles. The molecule has 3 aromatic rings. The van der Waals surface area contributed by atoms with Crippen LogP contribution in [0.25, 0.3) is 11.1 Å². The lowest BCUT2D eigenvalue weighted by atomic mass is 9.88. The Bertz CT molecular complexity index is 1370. The van der Waals surface area contributed by atoms with Gasteiger partial charge < -0.3 is 9.47 Å². The van der Waals surface area contributed by atoms with E-state index < -0.39 is 21.7 Å². The quantitative estimate of drug-likeness (QED) is 0.519. The monoisotopic (exact) mass is 498 g/mol. The number of aryl methyl sites for hydroxylation is 1. The fourth-order valence-electron chi connectivity index (χ4n) is 4.23. The van der Waals surface area contributed by atoms with Gasteiger partial charge in [-0.25, -0.2) is 22.5 Å². The van der Waals surface area contributed by atoms with Crippen LogP contribution in [0.3, 0.4) is 0 Å². The van der Waals surface area contributed by atoms with E-state index in [0.717, 1.165) is 12.0 Å². The van der Waals surface area contributed by atoms with Gasteiger partial charge in [0.2, 0.25) is 11.8 Å². The Balaban J connectivity index is 1.67. The second-order valence-corrected chi connectivity index (χ2v) is 10.4. The van der Waals surface area contributed by atoms with Crippen LogP contribution in [0.15, 0.2) is 53.6 Å². The van der Waals surface area contributed by atoms with Crippen LogP contribution < -0.4 is 14.2 Å². The van der Waals surface area contributed by atoms with Crippen LogP contribution in [-0.2, 0) is 27.7 Å². The van der Waals surface area contributed by atoms with Crippen molar-refractivity contribution in [3.63, 3.8) is 0 Å². The van der Waals surface area contributed by atoms with E-state index in [-0.39, 0.29) is 17.2 Å². The van der Waals surface area contributed by atoms with Crippen LogP contribution in [0.5, 0.6) is 11.6 Å². The molecule has 0 atom stereocenters. The first-order chi connectivity index (χ1) is 16.7. The molecule has 0 saturated carbocycles. The first-order valence-corrected chi connectivity index (χ1v) is 12.8. The summed E-state index contributed by atoms with van der Waals surface area (Å²) in [5.74, 6) is -0.269. The first-order valence-electron chi connectivity index (χ1n) is 11.3. The lowest BCUT2D eigenvalue weighted by Gasteiger charge is -2.19. The Morgan fingerprint density at radius 1 is 1.20 bits per heavy atom. The highest BCUT2D eigenvalue weighted by Gasteiger charge is 2.24. The third kappa shape index (κ3) is 5.45. The highest BCUT2D eigenvalue weighted by molar-refractivity contribution is 7.90. The zero-order valence-electron chi connectivity index (χ0n) is 19.8. The molecule has 35 heavy (non-hydrogen) atoms. The molecule has 0 fully saturated rings. The van der Waals surface area contributed by atoms with Crippen molar-refractivity contribution in [3.8, 4) is 22.8 Å². The molecule has 9 heteroatoms. The number of pyridine rings is 1. The zero-order chi connectivity index (χ0) is 25.2. The maximum absolute atomic E-state index is 14.6. The number of sulfonamides is 1. The smallest absolute Gasteiger partial charge is 0.264 e. The van der Waals surface area contributed by atoms with E-state index in [4.69, 9.17) is 9.47 Å². The Morgan fingerprint density at radius 3 is 2.74 bits per heavy atom. The molecule has 0 radical (unpaired) electrons. The first kappa shape index (κ1) is 24.7. The fourth-order valence-corrected chi connectivity index (χ4v) is 5.26. The van der Waals surface area contributed by atoms with Crippen LogP contribution in [0.4, 0.5) is 4.39 Å². The standard InChI is InChI=1S/C26H27FN2O5S/c1-16(2)21-13-19(27)14-22(17-8-9-28-26(12-17)33-3)23(21)15-25(30)29-35(31,32)20-6-7-24-18(11-20)5-4-10-34-24/h6-9,11-14,16H,4-5,10,15H2,1-3H3,(H,29,30). The predicted octanol–water partition coefficient (Wildman–Crippen LogP) is 4.39. The summed E-state index contributed by atoms with van der Waals surface area (Å²) in [6.07, 6.45) is 2.79. The molecule has 0 aliphatic carbocycles. The molecule has 1 aromatic heterocycles. The van der Waals surface area contributed by atoms with E-state index in [0.29, 0.717) is 46.9 Å². The molecule has 7 nitrogen and oxygen atoms in total. The highest BCUT2D eigenvalue weighted by atomic mass is 32.2. The minimum Gasteiger partial charge on any atom is -0.493 e. The molecule has 1 amide bonds. The fraction of sp³-hybridized carbons (Fsp3) is 0.308. The molecule has 4 rings (SSSR count). The van der Waals surface area contributed by atoms with Gasteiger partial charge in [-0.05, 0) is 83.0 Å². The maximum Gasteiger partial charge on any atom is 0.264 e. The van der Waals surface area contributed by atoms with Gasteiger partial charge in [0.25, 0.3) is 10.0 Å². The maximum atomic E-state index is 14.6. The van der Waals surface area contributed by atoms with Crippen LogP contribution in [0.1, 0.15) is 42.9 Å². The molecule has 2 heterocycles. The number of methoxy groups -OCH3 is 1. The number of hydrogen-bond donors (Lipinski definition) is 1. The van der Waals surface area contributed by atoms with Gasteiger partial charge in [-0.2, -0.15) is 0 Å². The van der Waals surface area contributed by atoms with Crippen LogP contribution in [-0.4, -0.2) is 33.0 Å². The largest absolute Gasteiger partial charge is 0.493 e. The average Bonchev–Trinajstić information content (AvgIpc) is 2.84. The lowest BCUT2D eigenvalue weighted by molar-refractivity contribution is -0.118. The summed E-state index contributed by atoms with van der Waals surface area (Å²) in [5, 5.41) is 0. The van der Waals surface area contributed by atoms with Gasteiger partial charge in [0.15, 0.2) is 0 Å². The molecule has 1 N–H and O–H groups in total. The van der Waals surface area contributed by atoms with Crippen molar-refractivity contribution >= 4 is 15.9 Å². The van der Waals surface area contributed by atoms with Crippen molar-refractivity contribution in [3.05, 3.63) is 71.2 Å². The molecule has 184 valence electrons. The third-order valence-electron chi connectivity index (χ3n) is 5.90. The number of hydrogen-bond acceptors (Lipinski definition) is 6. The summed E-state index contributed by atoms with van der Waals surface area (Å²) in [6, 6.07) is 10.6. The van der Waals surface area contributed by atoms with Gasteiger partial charge in [-0.15, -0.1) is 0 Å². The summed E-state index contributed by atoms with van der Waals surface area (Å²) in [7, 11) is -2.63. The Labute approximate surface area is 204 Å². The lowest BCUT2D eigenvalue weighted by Crippen LogP contribution is -2.32. The minimum absolute atomic E-state index is 0.00242. The van der Waals surface area contributed by atoms with Gasteiger partial charge in [0.05, 0.1) is 25.0 Å². The van der Waals surface area contributed by atoms with E-state index in [1.165, 1.54) is 37.6 Å². The molecule has 0 bridgehead atoms. The van der Waals surface area contributed by atoms with E-state index in [2.05, 4.69) is 9.71 Å². The third-order valence-corrected chi connectivity index (χ3v) is 7.27. The number of carbonyl (C=O) groups excluding carboxylic acids is 1. The normalized spacial score (nSPS) is 13.2. The Kier molecular flexibility index (Phi) is 7.07. The van der Waals surface area contributed by atoms with E-state index >= 15 is 0 Å². The van der Waals surface area contributed by atoms with E-state index in [1.54, 1.807) is 18.2 Å². The number of fused-ring (bicyclic) bond motifs is 1. The van der Waals surface area contributed by atoms with Crippen molar-refractivity contribution in [1.29, 1.82) is 0 Å². The molecular formula is C26H27FN2O5S. The minimum atomic E-state index is -4.10.